The van der Waals surface area contributed by atoms with Crippen molar-refractivity contribution >= 4 is 23.8 Å². The molecule has 0 aromatic heterocycles. The molecule has 2 N–H and O–H groups in total. The molecule has 3 atom stereocenters. The molecule has 1 amide bonds. The van der Waals surface area contributed by atoms with Crippen LogP contribution in [0.3, 0.4) is 0 Å². The number of anilines is 1. The maximum absolute atomic E-state index is 13.6. The second-order valence-electron chi connectivity index (χ2n) is 12.6. The van der Waals surface area contributed by atoms with E-state index >= 15 is 0 Å². The van der Waals surface area contributed by atoms with Crippen LogP contribution in [-0.4, -0.2) is 59.6 Å². The first-order chi connectivity index (χ1) is 17.1. The molecule has 3 aliphatic heterocycles. The van der Waals surface area contributed by atoms with Crippen LogP contribution < -0.4 is 10.2 Å². The zero-order valence-corrected chi connectivity index (χ0v) is 22.2. The molecule has 7 nitrogen and oxygen atoms in total. The SMILES string of the molecule is CN1c2ccc(C(=O)N3C4CCCC3CC(C(=O)O)C4)cc2C=NC1NC1CCC(C(C)(C)C)CC1. The lowest BCUT2D eigenvalue weighted by molar-refractivity contribution is -0.145. The zero-order valence-electron chi connectivity index (χ0n) is 22.2. The van der Waals surface area contributed by atoms with Crippen LogP contribution in [0.25, 0.3) is 0 Å². The van der Waals surface area contributed by atoms with E-state index in [0.717, 1.165) is 36.4 Å². The molecule has 1 aliphatic carbocycles. The topological polar surface area (TPSA) is 85.2 Å². The summed E-state index contributed by atoms with van der Waals surface area (Å²) < 4.78 is 0. The molecule has 0 spiro atoms. The summed E-state index contributed by atoms with van der Waals surface area (Å²) in [5.41, 5.74) is 3.09. The molecule has 3 unspecified atom stereocenters. The molecule has 7 heteroatoms. The van der Waals surface area contributed by atoms with E-state index in [1.165, 1.54) is 25.7 Å². The van der Waals surface area contributed by atoms with Crippen molar-refractivity contribution in [1.82, 2.24) is 10.2 Å². The lowest BCUT2D eigenvalue weighted by atomic mass is 9.71. The first-order valence-electron chi connectivity index (χ1n) is 13.8. The minimum atomic E-state index is -0.725. The quantitative estimate of drug-likeness (QED) is 0.622. The number of aliphatic carboxylic acids is 1. The highest BCUT2D eigenvalue weighted by Crippen LogP contribution is 2.39. The minimum absolute atomic E-state index is 0.0282. The number of piperidine rings is 2. The molecule has 5 rings (SSSR count). The van der Waals surface area contributed by atoms with Gasteiger partial charge in [-0.2, -0.15) is 0 Å². The number of hydrogen-bond donors (Lipinski definition) is 2. The van der Waals surface area contributed by atoms with Crippen molar-refractivity contribution in [3.05, 3.63) is 29.3 Å². The summed E-state index contributed by atoms with van der Waals surface area (Å²) in [5.74, 6) is -0.239. The van der Waals surface area contributed by atoms with E-state index in [4.69, 9.17) is 4.99 Å². The molecule has 196 valence electrons. The van der Waals surface area contributed by atoms with Crippen molar-refractivity contribution in [2.24, 2.45) is 22.2 Å². The highest BCUT2D eigenvalue weighted by Gasteiger charge is 2.43. The van der Waals surface area contributed by atoms with Crippen LogP contribution >= 0.6 is 0 Å². The van der Waals surface area contributed by atoms with Gasteiger partial charge in [0.15, 0.2) is 6.29 Å². The average molecular weight is 495 g/mol. The average Bonchev–Trinajstić information content (AvgIpc) is 2.84. The van der Waals surface area contributed by atoms with Crippen LogP contribution in [0.4, 0.5) is 5.69 Å². The number of carbonyl (C=O) groups is 2. The summed E-state index contributed by atoms with van der Waals surface area (Å²) in [6.07, 6.45) is 10.7. The molecular weight excluding hydrogens is 452 g/mol. The number of carboxylic acid groups (broad SMARTS) is 1. The number of amides is 1. The van der Waals surface area contributed by atoms with E-state index in [2.05, 4.69) is 38.0 Å². The Morgan fingerprint density at radius 2 is 1.69 bits per heavy atom. The van der Waals surface area contributed by atoms with Gasteiger partial charge in [-0.1, -0.05) is 20.8 Å². The maximum atomic E-state index is 13.6. The van der Waals surface area contributed by atoms with E-state index in [1.54, 1.807) is 0 Å². The molecule has 4 aliphatic rings. The number of hydrogen-bond acceptors (Lipinski definition) is 5. The van der Waals surface area contributed by atoms with Gasteiger partial charge in [0.1, 0.15) is 0 Å². The van der Waals surface area contributed by atoms with Crippen molar-refractivity contribution < 1.29 is 14.7 Å². The van der Waals surface area contributed by atoms with Crippen molar-refractivity contribution in [2.75, 3.05) is 11.9 Å². The third-order valence-electron chi connectivity index (χ3n) is 9.27. The maximum Gasteiger partial charge on any atom is 0.306 e. The fourth-order valence-electron chi connectivity index (χ4n) is 7.05. The Bertz CT molecular complexity index is 1010. The summed E-state index contributed by atoms with van der Waals surface area (Å²) in [4.78, 5) is 34.2. The number of nitrogens with one attached hydrogen (secondary N) is 1. The second-order valence-corrected chi connectivity index (χ2v) is 12.6. The summed E-state index contributed by atoms with van der Waals surface area (Å²) in [7, 11) is 2.07. The van der Waals surface area contributed by atoms with Gasteiger partial charge >= 0.3 is 5.97 Å². The van der Waals surface area contributed by atoms with E-state index in [-0.39, 0.29) is 30.2 Å². The Labute approximate surface area is 215 Å². The fourth-order valence-corrected chi connectivity index (χ4v) is 7.05. The predicted octanol–water partition coefficient (Wildman–Crippen LogP) is 4.89. The molecule has 2 bridgehead atoms. The molecule has 2 saturated heterocycles. The van der Waals surface area contributed by atoms with Gasteiger partial charge in [0.2, 0.25) is 0 Å². The molecule has 1 aromatic carbocycles. The largest absolute Gasteiger partial charge is 0.481 e. The van der Waals surface area contributed by atoms with E-state index in [0.29, 0.717) is 29.9 Å². The number of nitrogens with zero attached hydrogens (tertiary/aromatic N) is 3. The number of carboxylic acids is 1. The Morgan fingerprint density at radius 3 is 2.31 bits per heavy atom. The lowest BCUT2D eigenvalue weighted by Crippen LogP contribution is -2.55. The predicted molar refractivity (Wildman–Crippen MR) is 143 cm³/mol. The van der Waals surface area contributed by atoms with Crippen LogP contribution in [0.1, 0.15) is 94.5 Å². The summed E-state index contributed by atoms with van der Waals surface area (Å²) in [6.45, 7) is 7.06. The van der Waals surface area contributed by atoms with Crippen molar-refractivity contribution in [1.29, 1.82) is 0 Å². The fraction of sp³-hybridized carbons (Fsp3) is 0.690. The molecule has 1 saturated carbocycles. The van der Waals surface area contributed by atoms with Gasteiger partial charge in [0.05, 0.1) is 5.92 Å². The standard InChI is InChI=1S/C29H42N4O3/c1-29(2,3)21-9-11-22(12-10-21)31-28-30-17-20-14-18(8-13-25(20)32(28)4)26(34)33-23-6-5-7-24(33)16-19(15-23)27(35)36/h8,13-14,17,19,21-24,28,31H,5-7,9-12,15-16H2,1-4H3,(H,35,36). The summed E-state index contributed by atoms with van der Waals surface area (Å²) >= 11 is 0. The Morgan fingerprint density at radius 1 is 1.03 bits per heavy atom. The summed E-state index contributed by atoms with van der Waals surface area (Å²) in [5, 5.41) is 13.3. The number of aliphatic imine (C=N–C) groups is 1. The first-order valence-corrected chi connectivity index (χ1v) is 13.8. The second kappa shape index (κ2) is 9.81. The molecule has 1 aromatic rings. The van der Waals surface area contributed by atoms with Gasteiger partial charge in [-0.05, 0) is 87.3 Å². The Hall–Kier alpha value is -2.41. The van der Waals surface area contributed by atoms with Gasteiger partial charge in [-0.15, -0.1) is 0 Å². The highest BCUT2D eigenvalue weighted by molar-refractivity contribution is 5.99. The minimum Gasteiger partial charge on any atom is -0.481 e. The number of benzene rings is 1. The molecular formula is C29H42N4O3. The van der Waals surface area contributed by atoms with Crippen molar-refractivity contribution in [3.63, 3.8) is 0 Å². The van der Waals surface area contributed by atoms with Gasteiger partial charge in [0.25, 0.3) is 5.91 Å². The number of carbonyl (C=O) groups excluding carboxylic acids is 1. The number of rotatable bonds is 4. The normalized spacial score (nSPS) is 32.2. The lowest BCUT2D eigenvalue weighted by Gasteiger charge is -2.48. The third-order valence-corrected chi connectivity index (χ3v) is 9.27. The zero-order chi connectivity index (χ0) is 25.6. The highest BCUT2D eigenvalue weighted by atomic mass is 16.4. The monoisotopic (exact) mass is 494 g/mol. The molecule has 0 radical (unpaired) electrons. The van der Waals surface area contributed by atoms with Crippen molar-refractivity contribution in [3.8, 4) is 0 Å². The van der Waals surface area contributed by atoms with Crippen molar-refractivity contribution in [2.45, 2.75) is 103 Å². The Kier molecular flexibility index (Phi) is 6.88. The first kappa shape index (κ1) is 25.2. The number of fused-ring (bicyclic) bond motifs is 3. The van der Waals surface area contributed by atoms with E-state index in [9.17, 15) is 14.7 Å². The third kappa shape index (κ3) is 4.91. The van der Waals surface area contributed by atoms with Crippen LogP contribution in [0.2, 0.25) is 0 Å². The van der Waals surface area contributed by atoms with E-state index < -0.39 is 5.97 Å². The van der Waals surface area contributed by atoms with Crippen LogP contribution in [0.5, 0.6) is 0 Å². The van der Waals surface area contributed by atoms with Crippen LogP contribution in [0, 0.1) is 17.3 Å². The molecule has 3 heterocycles. The van der Waals surface area contributed by atoms with Crippen LogP contribution in [0.15, 0.2) is 23.2 Å². The van der Waals surface area contributed by atoms with Crippen LogP contribution in [-0.2, 0) is 4.79 Å². The van der Waals surface area contributed by atoms with E-state index in [1.807, 2.05) is 29.3 Å². The Balaban J connectivity index is 1.25. The van der Waals surface area contributed by atoms with Gasteiger partial charge in [-0.25, -0.2) is 0 Å². The molecule has 36 heavy (non-hydrogen) atoms. The van der Waals surface area contributed by atoms with Gasteiger partial charge in [0, 0.05) is 48.2 Å². The van der Waals surface area contributed by atoms with Gasteiger partial charge < -0.3 is 14.9 Å². The molecule has 3 fully saturated rings. The summed E-state index contributed by atoms with van der Waals surface area (Å²) in [6, 6.07) is 6.46. The smallest absolute Gasteiger partial charge is 0.306 e. The van der Waals surface area contributed by atoms with Gasteiger partial charge in [-0.3, -0.25) is 19.9 Å².